The molecule has 0 radical (unpaired) electrons. The van der Waals surface area contributed by atoms with E-state index in [-0.39, 0.29) is 5.41 Å². The molecule has 1 fully saturated rings. The Morgan fingerprint density at radius 1 is 1.35 bits per heavy atom. The first-order chi connectivity index (χ1) is 8.03. The minimum Gasteiger partial charge on any atom is -0.314 e. The number of unbranched alkanes of at least 4 members (excludes halogenated alkanes) is 1. The number of hydrogen-bond acceptors (Lipinski definition) is 3. The van der Waals surface area contributed by atoms with Gasteiger partial charge in [-0.2, -0.15) is 5.26 Å². The summed E-state index contributed by atoms with van der Waals surface area (Å²) < 4.78 is 11.2. The SMILES string of the molecule is CC(C)(C#N)CCCCNC1CCS(=O)CC1. The third-order valence-corrected chi connectivity index (χ3v) is 4.73. The van der Waals surface area contributed by atoms with Gasteiger partial charge in [-0.3, -0.25) is 4.21 Å². The van der Waals surface area contributed by atoms with E-state index < -0.39 is 10.8 Å². The molecule has 1 aliphatic rings. The lowest BCUT2D eigenvalue weighted by atomic mass is 9.89. The molecule has 0 bridgehead atoms. The lowest BCUT2D eigenvalue weighted by Gasteiger charge is -2.22. The number of hydrogen-bond donors (Lipinski definition) is 1. The molecule has 98 valence electrons. The van der Waals surface area contributed by atoms with Gasteiger partial charge in [-0.25, -0.2) is 0 Å². The Labute approximate surface area is 107 Å². The van der Waals surface area contributed by atoms with Crippen molar-refractivity contribution in [1.29, 1.82) is 5.26 Å². The van der Waals surface area contributed by atoms with Crippen molar-refractivity contribution < 1.29 is 4.21 Å². The van der Waals surface area contributed by atoms with Crippen LogP contribution in [0, 0.1) is 16.7 Å². The molecule has 0 aromatic rings. The van der Waals surface area contributed by atoms with Gasteiger partial charge in [-0.1, -0.05) is 6.42 Å². The highest BCUT2D eigenvalue weighted by Gasteiger charge is 2.17. The molecule has 0 spiro atoms. The van der Waals surface area contributed by atoms with Crippen LogP contribution in [0.2, 0.25) is 0 Å². The van der Waals surface area contributed by atoms with Crippen molar-refractivity contribution in [2.75, 3.05) is 18.1 Å². The number of nitrogens with zero attached hydrogens (tertiary/aromatic N) is 1. The maximum atomic E-state index is 11.2. The molecular weight excluding hydrogens is 232 g/mol. The maximum Gasteiger partial charge on any atom is 0.0683 e. The van der Waals surface area contributed by atoms with Crippen molar-refractivity contribution >= 4 is 10.8 Å². The van der Waals surface area contributed by atoms with Gasteiger partial charge < -0.3 is 5.32 Å². The predicted molar refractivity (Wildman–Crippen MR) is 72.1 cm³/mol. The highest BCUT2D eigenvalue weighted by Crippen LogP contribution is 2.21. The molecule has 4 heteroatoms. The Balaban J connectivity index is 2.01. The lowest BCUT2D eigenvalue weighted by molar-refractivity contribution is 0.408. The van der Waals surface area contributed by atoms with Gasteiger partial charge in [0.05, 0.1) is 11.5 Å². The Hall–Kier alpha value is -0.400. The summed E-state index contributed by atoms with van der Waals surface area (Å²) in [5.74, 6) is 1.72. The number of nitrogens with one attached hydrogen (secondary N) is 1. The van der Waals surface area contributed by atoms with Crippen LogP contribution in [0.5, 0.6) is 0 Å². The Morgan fingerprint density at radius 2 is 2.00 bits per heavy atom. The largest absolute Gasteiger partial charge is 0.314 e. The summed E-state index contributed by atoms with van der Waals surface area (Å²) >= 11 is 0. The lowest BCUT2D eigenvalue weighted by Crippen LogP contribution is -2.36. The first-order valence-corrected chi connectivity index (χ1v) is 8.02. The Bertz CT molecular complexity index is 286. The first-order valence-electron chi connectivity index (χ1n) is 6.53. The summed E-state index contributed by atoms with van der Waals surface area (Å²) in [5.41, 5.74) is -0.179. The summed E-state index contributed by atoms with van der Waals surface area (Å²) in [6.07, 6.45) is 5.31. The van der Waals surface area contributed by atoms with Gasteiger partial charge in [0, 0.05) is 28.3 Å². The van der Waals surface area contributed by atoms with Crippen LogP contribution in [0.15, 0.2) is 0 Å². The van der Waals surface area contributed by atoms with Gasteiger partial charge in [-0.05, 0) is 46.1 Å². The second kappa shape index (κ2) is 7.13. The Kier molecular flexibility index (Phi) is 6.15. The maximum absolute atomic E-state index is 11.2. The van der Waals surface area contributed by atoms with Crippen LogP contribution in [0.25, 0.3) is 0 Å². The van der Waals surface area contributed by atoms with E-state index in [9.17, 15) is 4.21 Å². The molecule has 0 atom stereocenters. The molecule has 0 aromatic heterocycles. The molecule has 1 aliphatic heterocycles. The van der Waals surface area contributed by atoms with Crippen LogP contribution in [0.1, 0.15) is 46.0 Å². The van der Waals surface area contributed by atoms with Crippen molar-refractivity contribution in [2.24, 2.45) is 5.41 Å². The van der Waals surface area contributed by atoms with Crippen molar-refractivity contribution in [3.05, 3.63) is 0 Å². The van der Waals surface area contributed by atoms with Gasteiger partial charge >= 0.3 is 0 Å². The summed E-state index contributed by atoms with van der Waals surface area (Å²) in [4.78, 5) is 0. The van der Waals surface area contributed by atoms with E-state index in [1.54, 1.807) is 0 Å². The third-order valence-electron chi connectivity index (χ3n) is 3.35. The highest BCUT2D eigenvalue weighted by molar-refractivity contribution is 7.85. The van der Waals surface area contributed by atoms with Gasteiger partial charge in [0.25, 0.3) is 0 Å². The second-order valence-electron chi connectivity index (χ2n) is 5.53. The molecule has 1 N–H and O–H groups in total. The molecule has 0 saturated carbocycles. The summed E-state index contributed by atoms with van der Waals surface area (Å²) in [6.45, 7) is 5.02. The second-order valence-corrected chi connectivity index (χ2v) is 7.23. The fourth-order valence-electron chi connectivity index (χ4n) is 2.05. The summed E-state index contributed by atoms with van der Waals surface area (Å²) in [5, 5.41) is 12.4. The van der Waals surface area contributed by atoms with Crippen LogP contribution in [0.4, 0.5) is 0 Å². The molecule has 17 heavy (non-hydrogen) atoms. The van der Waals surface area contributed by atoms with Crippen LogP contribution < -0.4 is 5.32 Å². The molecule has 0 aromatic carbocycles. The molecule has 0 aliphatic carbocycles. The fourth-order valence-corrected chi connectivity index (χ4v) is 3.35. The summed E-state index contributed by atoms with van der Waals surface area (Å²) in [7, 11) is -0.559. The standard InChI is InChI=1S/C13H24N2OS/c1-13(2,11-14)7-3-4-8-15-12-5-9-17(16)10-6-12/h12,15H,3-10H2,1-2H3. The van der Waals surface area contributed by atoms with E-state index in [0.717, 1.165) is 50.2 Å². The quantitative estimate of drug-likeness (QED) is 0.741. The number of rotatable bonds is 6. The van der Waals surface area contributed by atoms with Gasteiger partial charge in [0.2, 0.25) is 0 Å². The zero-order chi connectivity index (χ0) is 12.7. The third kappa shape index (κ3) is 6.18. The molecule has 1 heterocycles. The average Bonchev–Trinajstić information content (AvgIpc) is 2.31. The minimum atomic E-state index is -0.559. The predicted octanol–water partition coefficient (Wildman–Crippen LogP) is 2.21. The van der Waals surface area contributed by atoms with Gasteiger partial charge in [-0.15, -0.1) is 0 Å². The van der Waals surface area contributed by atoms with E-state index >= 15 is 0 Å². The molecule has 1 rings (SSSR count). The first kappa shape index (κ1) is 14.7. The monoisotopic (exact) mass is 256 g/mol. The molecule has 3 nitrogen and oxygen atoms in total. The van der Waals surface area contributed by atoms with Crippen LogP contribution in [-0.4, -0.2) is 28.3 Å². The normalized spacial score (nSPS) is 25.5. The molecular formula is C13H24N2OS. The van der Waals surface area contributed by atoms with E-state index in [4.69, 9.17) is 5.26 Å². The van der Waals surface area contributed by atoms with Crippen molar-refractivity contribution in [3.8, 4) is 6.07 Å². The van der Waals surface area contributed by atoms with E-state index in [2.05, 4.69) is 11.4 Å². The molecule has 0 unspecified atom stereocenters. The molecule has 0 amide bonds. The average molecular weight is 256 g/mol. The van der Waals surface area contributed by atoms with Gasteiger partial charge in [0.15, 0.2) is 0 Å². The highest BCUT2D eigenvalue weighted by atomic mass is 32.2. The van der Waals surface area contributed by atoms with E-state index in [1.807, 2.05) is 13.8 Å². The number of nitriles is 1. The van der Waals surface area contributed by atoms with Gasteiger partial charge in [0.1, 0.15) is 0 Å². The van der Waals surface area contributed by atoms with E-state index in [1.165, 1.54) is 0 Å². The zero-order valence-electron chi connectivity index (χ0n) is 11.0. The van der Waals surface area contributed by atoms with Crippen molar-refractivity contribution in [3.63, 3.8) is 0 Å². The van der Waals surface area contributed by atoms with Crippen LogP contribution in [-0.2, 0) is 10.8 Å². The van der Waals surface area contributed by atoms with Crippen molar-refractivity contribution in [2.45, 2.75) is 52.0 Å². The van der Waals surface area contributed by atoms with Crippen LogP contribution >= 0.6 is 0 Å². The molecule has 1 saturated heterocycles. The van der Waals surface area contributed by atoms with Crippen LogP contribution in [0.3, 0.4) is 0 Å². The Morgan fingerprint density at radius 3 is 2.59 bits per heavy atom. The van der Waals surface area contributed by atoms with E-state index in [0.29, 0.717) is 6.04 Å². The van der Waals surface area contributed by atoms with Crippen molar-refractivity contribution in [1.82, 2.24) is 5.32 Å². The fraction of sp³-hybridized carbons (Fsp3) is 0.923. The smallest absolute Gasteiger partial charge is 0.0683 e. The topological polar surface area (TPSA) is 52.9 Å². The minimum absolute atomic E-state index is 0.179. The summed E-state index contributed by atoms with van der Waals surface area (Å²) in [6, 6.07) is 2.90. The zero-order valence-corrected chi connectivity index (χ0v) is 11.8.